The van der Waals surface area contributed by atoms with Crippen molar-refractivity contribution in [3.8, 4) is 0 Å². The maximum absolute atomic E-state index is 12.9. The van der Waals surface area contributed by atoms with Gasteiger partial charge in [-0.1, -0.05) is 12.1 Å². The highest BCUT2D eigenvalue weighted by molar-refractivity contribution is 5.96. The molecule has 2 aromatic rings. The highest BCUT2D eigenvalue weighted by Gasteiger charge is 2.20. The number of benzene rings is 2. The predicted molar refractivity (Wildman–Crippen MR) is 90.6 cm³/mol. The molecule has 0 fully saturated rings. The largest absolute Gasteiger partial charge is 0.352 e. The highest BCUT2D eigenvalue weighted by atomic mass is 19.1. The van der Waals surface area contributed by atoms with Crippen LogP contribution in [-0.2, 0) is 17.6 Å². The van der Waals surface area contributed by atoms with Crippen molar-refractivity contribution in [3.63, 3.8) is 0 Å². The quantitative estimate of drug-likeness (QED) is 0.939. The van der Waals surface area contributed by atoms with Crippen LogP contribution in [0.5, 0.6) is 0 Å². The summed E-state index contributed by atoms with van der Waals surface area (Å²) in [6.45, 7) is 0.504. The van der Waals surface area contributed by atoms with Crippen LogP contribution < -0.4 is 10.2 Å². The fourth-order valence-corrected chi connectivity index (χ4v) is 2.89. The van der Waals surface area contributed by atoms with Crippen molar-refractivity contribution in [2.24, 2.45) is 0 Å². The SMILES string of the molecule is CN1C(=O)CCc2cc(CCNC(=O)c3ccc(F)cc3)ccc21. The average molecular weight is 326 g/mol. The molecule has 0 unspecified atom stereocenters. The van der Waals surface area contributed by atoms with E-state index in [1.165, 1.54) is 29.8 Å². The molecule has 0 radical (unpaired) electrons. The van der Waals surface area contributed by atoms with Crippen LogP contribution in [0.15, 0.2) is 42.5 Å². The molecule has 0 saturated heterocycles. The number of hydrogen-bond donors (Lipinski definition) is 1. The number of rotatable bonds is 4. The Bertz CT molecular complexity index is 771. The van der Waals surface area contributed by atoms with Gasteiger partial charge in [0.25, 0.3) is 5.91 Å². The first-order valence-electron chi connectivity index (χ1n) is 7.97. The molecule has 0 aromatic heterocycles. The van der Waals surface area contributed by atoms with Crippen LogP contribution in [0.3, 0.4) is 0 Å². The fraction of sp³-hybridized carbons (Fsp3) is 0.263. The van der Waals surface area contributed by atoms with E-state index in [-0.39, 0.29) is 17.6 Å². The lowest BCUT2D eigenvalue weighted by Gasteiger charge is -2.26. The summed E-state index contributed by atoms with van der Waals surface area (Å²) in [6, 6.07) is 11.5. The van der Waals surface area contributed by atoms with Gasteiger partial charge in [0.2, 0.25) is 5.91 Å². The van der Waals surface area contributed by atoms with E-state index in [4.69, 9.17) is 0 Å². The number of amides is 2. The van der Waals surface area contributed by atoms with E-state index >= 15 is 0 Å². The molecule has 0 atom stereocenters. The summed E-state index contributed by atoms with van der Waals surface area (Å²) in [7, 11) is 1.79. The second kappa shape index (κ2) is 6.83. The van der Waals surface area contributed by atoms with Gasteiger partial charge in [-0.25, -0.2) is 4.39 Å². The molecule has 1 aliphatic rings. The van der Waals surface area contributed by atoms with Gasteiger partial charge in [-0.3, -0.25) is 9.59 Å². The minimum Gasteiger partial charge on any atom is -0.352 e. The zero-order valence-corrected chi connectivity index (χ0v) is 13.5. The number of aryl methyl sites for hydroxylation is 1. The molecule has 4 nitrogen and oxygen atoms in total. The van der Waals surface area contributed by atoms with Crippen molar-refractivity contribution in [1.82, 2.24) is 5.32 Å². The number of hydrogen-bond acceptors (Lipinski definition) is 2. The zero-order chi connectivity index (χ0) is 17.1. The topological polar surface area (TPSA) is 49.4 Å². The summed E-state index contributed by atoms with van der Waals surface area (Å²) in [5.41, 5.74) is 3.70. The third kappa shape index (κ3) is 3.45. The van der Waals surface area contributed by atoms with E-state index in [9.17, 15) is 14.0 Å². The Morgan fingerprint density at radius 1 is 1.17 bits per heavy atom. The van der Waals surface area contributed by atoms with Crippen molar-refractivity contribution in [3.05, 3.63) is 65.0 Å². The van der Waals surface area contributed by atoms with Gasteiger partial charge in [0, 0.05) is 31.3 Å². The number of fused-ring (bicyclic) bond motifs is 1. The first-order chi connectivity index (χ1) is 11.5. The number of nitrogens with zero attached hydrogens (tertiary/aromatic N) is 1. The molecule has 124 valence electrons. The Morgan fingerprint density at radius 3 is 2.67 bits per heavy atom. The van der Waals surface area contributed by atoms with Crippen LogP contribution in [-0.4, -0.2) is 25.4 Å². The van der Waals surface area contributed by atoms with Crippen molar-refractivity contribution in [1.29, 1.82) is 0 Å². The summed E-state index contributed by atoms with van der Waals surface area (Å²) < 4.78 is 12.9. The maximum Gasteiger partial charge on any atom is 0.251 e. The van der Waals surface area contributed by atoms with Crippen LogP contribution in [0.2, 0.25) is 0 Å². The smallest absolute Gasteiger partial charge is 0.251 e. The lowest BCUT2D eigenvalue weighted by molar-refractivity contribution is -0.118. The van der Waals surface area contributed by atoms with Gasteiger partial charge in [0.1, 0.15) is 5.82 Å². The van der Waals surface area contributed by atoms with E-state index in [0.29, 0.717) is 24.9 Å². The van der Waals surface area contributed by atoms with Gasteiger partial charge in [0.05, 0.1) is 0 Å². The molecule has 2 aromatic carbocycles. The first kappa shape index (κ1) is 16.2. The minimum atomic E-state index is -0.357. The summed E-state index contributed by atoms with van der Waals surface area (Å²) in [6.07, 6.45) is 2.00. The molecule has 0 aliphatic carbocycles. The molecule has 1 N–H and O–H groups in total. The zero-order valence-electron chi connectivity index (χ0n) is 13.5. The summed E-state index contributed by atoms with van der Waals surface area (Å²) >= 11 is 0. The Balaban J connectivity index is 1.58. The first-order valence-corrected chi connectivity index (χ1v) is 7.97. The molecule has 0 spiro atoms. The van der Waals surface area contributed by atoms with Crippen molar-refractivity contribution >= 4 is 17.5 Å². The summed E-state index contributed by atoms with van der Waals surface area (Å²) in [5, 5.41) is 2.84. The van der Waals surface area contributed by atoms with E-state index in [2.05, 4.69) is 11.4 Å². The molecule has 0 bridgehead atoms. The van der Waals surface area contributed by atoms with Gasteiger partial charge in [-0.15, -0.1) is 0 Å². The van der Waals surface area contributed by atoms with Crippen molar-refractivity contribution < 1.29 is 14.0 Å². The van der Waals surface area contributed by atoms with Crippen LogP contribution in [0.4, 0.5) is 10.1 Å². The van der Waals surface area contributed by atoms with Gasteiger partial charge in [-0.2, -0.15) is 0 Å². The van der Waals surface area contributed by atoms with Crippen LogP contribution >= 0.6 is 0 Å². The lowest BCUT2D eigenvalue weighted by atomic mass is 9.98. The number of carbonyl (C=O) groups is 2. The van der Waals surface area contributed by atoms with Crippen LogP contribution in [0.25, 0.3) is 0 Å². The number of anilines is 1. The fourth-order valence-electron chi connectivity index (χ4n) is 2.89. The van der Waals surface area contributed by atoms with Crippen LogP contribution in [0.1, 0.15) is 27.9 Å². The third-order valence-electron chi connectivity index (χ3n) is 4.29. The number of halogens is 1. The average Bonchev–Trinajstić information content (AvgIpc) is 2.59. The molecule has 1 aliphatic heterocycles. The van der Waals surface area contributed by atoms with Gasteiger partial charge >= 0.3 is 0 Å². The molecule has 5 heteroatoms. The maximum atomic E-state index is 12.9. The Labute approximate surface area is 140 Å². The van der Waals surface area contributed by atoms with Gasteiger partial charge in [0.15, 0.2) is 0 Å². The van der Waals surface area contributed by atoms with Crippen molar-refractivity contribution in [2.75, 3.05) is 18.5 Å². The molecular weight excluding hydrogens is 307 g/mol. The highest BCUT2D eigenvalue weighted by Crippen LogP contribution is 2.27. The Hall–Kier alpha value is -2.69. The molecule has 24 heavy (non-hydrogen) atoms. The molecule has 1 heterocycles. The second-order valence-corrected chi connectivity index (χ2v) is 5.93. The molecule has 2 amide bonds. The minimum absolute atomic E-state index is 0.141. The van der Waals surface area contributed by atoms with Crippen molar-refractivity contribution in [2.45, 2.75) is 19.3 Å². The van der Waals surface area contributed by atoms with E-state index in [1.54, 1.807) is 11.9 Å². The van der Waals surface area contributed by atoms with E-state index in [0.717, 1.165) is 17.7 Å². The standard InChI is InChI=1S/C19H19FN2O2/c1-22-17-8-2-13(12-15(17)5-9-18(22)23)10-11-21-19(24)14-3-6-16(20)7-4-14/h2-4,6-8,12H,5,9-11H2,1H3,(H,21,24). The Kier molecular flexibility index (Phi) is 4.60. The lowest BCUT2D eigenvalue weighted by Crippen LogP contribution is -2.31. The van der Waals surface area contributed by atoms with E-state index < -0.39 is 0 Å². The number of nitrogens with one attached hydrogen (secondary N) is 1. The molecule has 0 saturated carbocycles. The molecular formula is C19H19FN2O2. The van der Waals surface area contributed by atoms with Gasteiger partial charge in [-0.05, 0) is 54.3 Å². The monoisotopic (exact) mass is 326 g/mol. The second-order valence-electron chi connectivity index (χ2n) is 5.93. The number of carbonyl (C=O) groups excluding carboxylic acids is 2. The Morgan fingerprint density at radius 2 is 1.92 bits per heavy atom. The normalized spacial score (nSPS) is 13.6. The predicted octanol–water partition coefficient (Wildman–Crippen LogP) is 2.71. The van der Waals surface area contributed by atoms with Crippen LogP contribution in [0, 0.1) is 5.82 Å². The third-order valence-corrected chi connectivity index (χ3v) is 4.29. The van der Waals surface area contributed by atoms with Gasteiger partial charge < -0.3 is 10.2 Å². The van der Waals surface area contributed by atoms with E-state index in [1.807, 2.05) is 12.1 Å². The summed E-state index contributed by atoms with van der Waals surface area (Å²) in [4.78, 5) is 25.4. The molecule has 3 rings (SSSR count). The summed E-state index contributed by atoms with van der Waals surface area (Å²) in [5.74, 6) is -0.427.